The van der Waals surface area contributed by atoms with Gasteiger partial charge in [-0.1, -0.05) is 43.3 Å². The lowest BCUT2D eigenvalue weighted by atomic mass is 10.0. The number of hydrogen-bond donors (Lipinski definition) is 1. The van der Waals surface area contributed by atoms with Crippen molar-refractivity contribution in [1.29, 1.82) is 0 Å². The van der Waals surface area contributed by atoms with Crippen molar-refractivity contribution in [3.63, 3.8) is 0 Å². The van der Waals surface area contributed by atoms with E-state index in [-0.39, 0.29) is 11.9 Å². The Hall–Kier alpha value is -2.33. The van der Waals surface area contributed by atoms with Crippen molar-refractivity contribution in [2.75, 3.05) is 19.8 Å². The van der Waals surface area contributed by atoms with Crippen molar-refractivity contribution in [3.05, 3.63) is 65.7 Å². The topological polar surface area (TPSA) is 47.6 Å². The molecule has 2 aromatic carbocycles. The monoisotopic (exact) mass is 327 g/mol. The summed E-state index contributed by atoms with van der Waals surface area (Å²) in [5, 5.41) is 3.08. The Bertz CT molecular complexity index is 628. The Morgan fingerprint density at radius 2 is 1.83 bits per heavy atom. The zero-order valence-corrected chi connectivity index (χ0v) is 14.3. The minimum atomic E-state index is -0.0963. The van der Waals surface area contributed by atoms with Gasteiger partial charge in [0.1, 0.15) is 12.4 Å². The van der Waals surface area contributed by atoms with Gasteiger partial charge in [0.2, 0.25) is 0 Å². The van der Waals surface area contributed by atoms with E-state index >= 15 is 0 Å². The largest absolute Gasteiger partial charge is 0.491 e. The smallest absolute Gasteiger partial charge is 0.251 e. The summed E-state index contributed by atoms with van der Waals surface area (Å²) in [6.07, 6.45) is 0.834. The van der Waals surface area contributed by atoms with E-state index in [1.807, 2.05) is 49.4 Å². The fraction of sp³-hybridized carbons (Fsp3) is 0.350. The molecule has 0 aliphatic heterocycles. The Balaban J connectivity index is 1.98. The molecule has 0 saturated carbocycles. The van der Waals surface area contributed by atoms with Crippen molar-refractivity contribution >= 4 is 5.91 Å². The summed E-state index contributed by atoms with van der Waals surface area (Å²) in [6, 6.07) is 17.2. The molecule has 0 bridgehead atoms. The lowest BCUT2D eigenvalue weighted by molar-refractivity contribution is 0.0934. The van der Waals surface area contributed by atoms with Crippen LogP contribution in [0.4, 0.5) is 0 Å². The number of amides is 1. The first-order valence-corrected chi connectivity index (χ1v) is 8.41. The van der Waals surface area contributed by atoms with Crippen LogP contribution in [0.1, 0.15) is 42.2 Å². The zero-order chi connectivity index (χ0) is 17.2. The average Bonchev–Trinajstić information content (AvgIpc) is 2.64. The molecule has 1 atom stereocenters. The van der Waals surface area contributed by atoms with Gasteiger partial charge in [-0.15, -0.1) is 0 Å². The van der Waals surface area contributed by atoms with Gasteiger partial charge < -0.3 is 14.8 Å². The molecular formula is C20H25NO3. The summed E-state index contributed by atoms with van der Waals surface area (Å²) in [6.45, 7) is 5.69. The predicted molar refractivity (Wildman–Crippen MR) is 95.4 cm³/mol. The summed E-state index contributed by atoms with van der Waals surface area (Å²) in [4.78, 5) is 12.5. The third kappa shape index (κ3) is 5.39. The molecule has 0 saturated heterocycles. The van der Waals surface area contributed by atoms with Crippen LogP contribution in [0.25, 0.3) is 0 Å². The summed E-state index contributed by atoms with van der Waals surface area (Å²) in [7, 11) is 0. The Labute approximate surface area is 143 Å². The van der Waals surface area contributed by atoms with Crippen molar-refractivity contribution in [1.82, 2.24) is 5.32 Å². The molecule has 4 nitrogen and oxygen atoms in total. The molecule has 0 fully saturated rings. The normalized spacial score (nSPS) is 11.8. The Kier molecular flexibility index (Phi) is 7.30. The van der Waals surface area contributed by atoms with Crippen molar-refractivity contribution in [2.45, 2.75) is 26.3 Å². The molecule has 0 heterocycles. The highest BCUT2D eigenvalue weighted by molar-refractivity contribution is 5.94. The van der Waals surface area contributed by atoms with Crippen molar-refractivity contribution < 1.29 is 14.3 Å². The van der Waals surface area contributed by atoms with Gasteiger partial charge in [-0.2, -0.15) is 0 Å². The molecule has 4 heteroatoms. The van der Waals surface area contributed by atoms with Gasteiger partial charge in [0.15, 0.2) is 0 Å². The van der Waals surface area contributed by atoms with Crippen LogP contribution >= 0.6 is 0 Å². The fourth-order valence-corrected chi connectivity index (χ4v) is 2.44. The van der Waals surface area contributed by atoms with Crippen LogP contribution < -0.4 is 10.1 Å². The highest BCUT2D eigenvalue weighted by Gasteiger charge is 2.14. The first-order valence-electron chi connectivity index (χ1n) is 8.41. The number of carbonyl (C=O) groups is 1. The molecule has 0 radical (unpaired) electrons. The van der Waals surface area contributed by atoms with Gasteiger partial charge in [-0.3, -0.25) is 4.79 Å². The second-order valence-electron chi connectivity index (χ2n) is 5.42. The van der Waals surface area contributed by atoms with Gasteiger partial charge >= 0.3 is 0 Å². The Morgan fingerprint density at radius 1 is 1.04 bits per heavy atom. The van der Waals surface area contributed by atoms with E-state index in [0.29, 0.717) is 31.1 Å². The summed E-state index contributed by atoms with van der Waals surface area (Å²) in [5.74, 6) is 0.580. The van der Waals surface area contributed by atoms with Crippen molar-refractivity contribution in [2.24, 2.45) is 0 Å². The van der Waals surface area contributed by atoms with Gasteiger partial charge in [0, 0.05) is 12.2 Å². The molecule has 1 unspecified atom stereocenters. The molecule has 128 valence electrons. The molecular weight excluding hydrogens is 302 g/mol. The van der Waals surface area contributed by atoms with Crippen LogP contribution in [-0.2, 0) is 4.74 Å². The minimum Gasteiger partial charge on any atom is -0.491 e. The number of carbonyl (C=O) groups excluding carboxylic acids is 1. The molecule has 0 aliphatic carbocycles. The molecule has 0 spiro atoms. The van der Waals surface area contributed by atoms with E-state index in [0.717, 1.165) is 12.0 Å². The summed E-state index contributed by atoms with van der Waals surface area (Å²) < 4.78 is 10.9. The predicted octanol–water partition coefficient (Wildman–Crippen LogP) is 3.98. The number of rotatable bonds is 9. The van der Waals surface area contributed by atoms with E-state index in [1.54, 1.807) is 12.1 Å². The second kappa shape index (κ2) is 9.73. The van der Waals surface area contributed by atoms with Crippen LogP contribution in [0.5, 0.6) is 5.75 Å². The van der Waals surface area contributed by atoms with Crippen LogP contribution in [-0.4, -0.2) is 25.7 Å². The SMILES string of the molecule is CCOCCOc1cccc(C(=O)NC(CC)c2ccccc2)c1. The minimum absolute atomic E-state index is 0.00114. The maximum atomic E-state index is 12.5. The summed E-state index contributed by atoms with van der Waals surface area (Å²) >= 11 is 0. The van der Waals surface area contributed by atoms with Crippen LogP contribution in [0.15, 0.2) is 54.6 Å². The van der Waals surface area contributed by atoms with E-state index in [1.165, 1.54) is 0 Å². The first-order chi connectivity index (χ1) is 11.7. The van der Waals surface area contributed by atoms with Gasteiger partial charge in [0.05, 0.1) is 12.6 Å². The van der Waals surface area contributed by atoms with Crippen molar-refractivity contribution in [3.8, 4) is 5.75 Å². The summed E-state index contributed by atoms with van der Waals surface area (Å²) in [5.41, 5.74) is 1.70. The zero-order valence-electron chi connectivity index (χ0n) is 14.3. The molecule has 0 aliphatic rings. The molecule has 2 rings (SSSR count). The molecule has 1 N–H and O–H groups in total. The van der Waals surface area contributed by atoms with E-state index in [4.69, 9.17) is 9.47 Å². The van der Waals surface area contributed by atoms with Gasteiger partial charge in [-0.25, -0.2) is 0 Å². The van der Waals surface area contributed by atoms with Gasteiger partial charge in [0.25, 0.3) is 5.91 Å². The highest BCUT2D eigenvalue weighted by Crippen LogP contribution is 2.18. The lowest BCUT2D eigenvalue weighted by Gasteiger charge is -2.17. The van der Waals surface area contributed by atoms with Crippen LogP contribution in [0, 0.1) is 0 Å². The van der Waals surface area contributed by atoms with Crippen LogP contribution in [0.3, 0.4) is 0 Å². The Morgan fingerprint density at radius 3 is 2.54 bits per heavy atom. The average molecular weight is 327 g/mol. The molecule has 2 aromatic rings. The molecule has 0 aromatic heterocycles. The number of ether oxygens (including phenoxy) is 2. The highest BCUT2D eigenvalue weighted by atomic mass is 16.5. The lowest BCUT2D eigenvalue weighted by Crippen LogP contribution is -2.28. The maximum Gasteiger partial charge on any atom is 0.251 e. The van der Waals surface area contributed by atoms with E-state index < -0.39 is 0 Å². The molecule has 1 amide bonds. The van der Waals surface area contributed by atoms with E-state index in [2.05, 4.69) is 12.2 Å². The number of nitrogens with one attached hydrogen (secondary N) is 1. The standard InChI is InChI=1S/C20H25NO3/c1-3-19(16-9-6-5-7-10-16)21-20(22)17-11-8-12-18(15-17)24-14-13-23-4-2/h5-12,15,19H,3-4,13-14H2,1-2H3,(H,21,22). The fourth-order valence-electron chi connectivity index (χ4n) is 2.44. The second-order valence-corrected chi connectivity index (χ2v) is 5.42. The maximum absolute atomic E-state index is 12.5. The third-order valence-corrected chi connectivity index (χ3v) is 3.71. The third-order valence-electron chi connectivity index (χ3n) is 3.71. The first kappa shape index (κ1) is 18.0. The van der Waals surface area contributed by atoms with E-state index in [9.17, 15) is 4.79 Å². The number of hydrogen-bond acceptors (Lipinski definition) is 3. The quantitative estimate of drug-likeness (QED) is 0.709. The number of benzene rings is 2. The van der Waals surface area contributed by atoms with Gasteiger partial charge in [-0.05, 0) is 37.1 Å². The molecule has 24 heavy (non-hydrogen) atoms. The van der Waals surface area contributed by atoms with Crippen LogP contribution in [0.2, 0.25) is 0 Å².